The van der Waals surface area contributed by atoms with E-state index in [4.69, 9.17) is 16.0 Å². The Bertz CT molecular complexity index is 1530. The Kier molecular flexibility index (Phi) is 6.96. The lowest BCUT2D eigenvalue weighted by Gasteiger charge is -2.02. The minimum absolute atomic E-state index is 0.278. The summed E-state index contributed by atoms with van der Waals surface area (Å²) in [6, 6.07) is 24.8. The van der Waals surface area contributed by atoms with Crippen LogP contribution in [-0.4, -0.2) is 20.9 Å². The summed E-state index contributed by atoms with van der Waals surface area (Å²) in [4.78, 5) is 14.1. The SMILES string of the molecule is CCCCc1ccc(-n2nc3ccc(NC(=O)/C=C/c4ccc(-c5ccccc5Cl)o4)cc3n2)cc1. The number of rotatable bonds is 8. The summed E-state index contributed by atoms with van der Waals surface area (Å²) in [5, 5.41) is 12.6. The predicted molar refractivity (Wildman–Crippen MR) is 144 cm³/mol. The number of aromatic nitrogens is 3. The van der Waals surface area contributed by atoms with E-state index in [-0.39, 0.29) is 5.91 Å². The zero-order valence-corrected chi connectivity index (χ0v) is 20.6. The van der Waals surface area contributed by atoms with E-state index in [0.29, 0.717) is 27.7 Å². The number of hydrogen-bond acceptors (Lipinski definition) is 4. The van der Waals surface area contributed by atoms with Gasteiger partial charge in [0.05, 0.1) is 10.7 Å². The van der Waals surface area contributed by atoms with Crippen LogP contribution in [0.2, 0.25) is 5.02 Å². The number of amides is 1. The number of nitrogens with zero attached hydrogens (tertiary/aromatic N) is 3. The van der Waals surface area contributed by atoms with Crippen LogP contribution < -0.4 is 5.32 Å². The Labute approximate surface area is 214 Å². The van der Waals surface area contributed by atoms with E-state index in [1.807, 2.05) is 60.7 Å². The van der Waals surface area contributed by atoms with Crippen molar-refractivity contribution in [3.05, 3.63) is 101 Å². The Balaban J connectivity index is 1.25. The van der Waals surface area contributed by atoms with E-state index in [2.05, 4.69) is 34.6 Å². The van der Waals surface area contributed by atoms with E-state index in [0.717, 1.165) is 23.2 Å². The number of carbonyl (C=O) groups is 1. The van der Waals surface area contributed by atoms with Gasteiger partial charge in [-0.05, 0) is 79.1 Å². The molecule has 3 aromatic carbocycles. The van der Waals surface area contributed by atoms with Crippen molar-refractivity contribution in [1.82, 2.24) is 15.0 Å². The second kappa shape index (κ2) is 10.6. The van der Waals surface area contributed by atoms with Crippen LogP contribution in [0.15, 0.2) is 89.4 Å². The summed E-state index contributed by atoms with van der Waals surface area (Å²) in [7, 11) is 0. The van der Waals surface area contributed by atoms with Gasteiger partial charge >= 0.3 is 0 Å². The number of nitrogens with one attached hydrogen (secondary N) is 1. The summed E-state index contributed by atoms with van der Waals surface area (Å²) in [5.41, 5.74) is 5.09. The number of benzene rings is 3. The van der Waals surface area contributed by atoms with Crippen LogP contribution in [0.4, 0.5) is 5.69 Å². The fourth-order valence-electron chi connectivity index (χ4n) is 3.87. The maximum absolute atomic E-state index is 12.5. The van der Waals surface area contributed by atoms with Crippen molar-refractivity contribution in [1.29, 1.82) is 0 Å². The number of furan rings is 1. The Morgan fingerprint density at radius 1 is 1.00 bits per heavy atom. The van der Waals surface area contributed by atoms with Crippen LogP contribution in [0, 0.1) is 0 Å². The zero-order chi connectivity index (χ0) is 24.9. The Morgan fingerprint density at radius 2 is 1.81 bits per heavy atom. The molecule has 1 amide bonds. The molecule has 0 bridgehead atoms. The van der Waals surface area contributed by atoms with E-state index >= 15 is 0 Å². The quantitative estimate of drug-likeness (QED) is 0.228. The molecular formula is C29H25ClN4O2. The molecule has 0 aliphatic heterocycles. The molecule has 0 fully saturated rings. The minimum Gasteiger partial charge on any atom is -0.457 e. The van der Waals surface area contributed by atoms with Crippen molar-refractivity contribution in [2.24, 2.45) is 0 Å². The highest BCUT2D eigenvalue weighted by Gasteiger charge is 2.09. The van der Waals surface area contributed by atoms with E-state index in [1.165, 1.54) is 24.5 Å². The predicted octanol–water partition coefficient (Wildman–Crippen LogP) is 7.33. The summed E-state index contributed by atoms with van der Waals surface area (Å²) < 4.78 is 5.81. The topological polar surface area (TPSA) is 73.0 Å². The molecule has 0 radical (unpaired) electrons. The van der Waals surface area contributed by atoms with Gasteiger partial charge in [-0.15, -0.1) is 10.2 Å². The van der Waals surface area contributed by atoms with Crippen molar-refractivity contribution >= 4 is 40.3 Å². The molecule has 0 saturated heterocycles. The van der Waals surface area contributed by atoms with Gasteiger partial charge in [-0.2, -0.15) is 4.80 Å². The molecule has 2 aromatic heterocycles. The summed E-state index contributed by atoms with van der Waals surface area (Å²) in [5.74, 6) is 0.920. The lowest BCUT2D eigenvalue weighted by atomic mass is 10.1. The number of halogens is 1. The molecule has 0 spiro atoms. The largest absolute Gasteiger partial charge is 0.457 e. The number of carbonyl (C=O) groups excluding carboxylic acids is 1. The highest BCUT2D eigenvalue weighted by molar-refractivity contribution is 6.33. The van der Waals surface area contributed by atoms with Crippen LogP contribution in [0.3, 0.4) is 0 Å². The molecule has 36 heavy (non-hydrogen) atoms. The number of fused-ring (bicyclic) bond motifs is 1. The normalized spacial score (nSPS) is 11.4. The van der Waals surface area contributed by atoms with Gasteiger partial charge in [-0.3, -0.25) is 4.79 Å². The monoisotopic (exact) mass is 496 g/mol. The first-order valence-corrected chi connectivity index (χ1v) is 12.3. The van der Waals surface area contributed by atoms with Gasteiger partial charge in [-0.25, -0.2) is 0 Å². The standard InChI is InChI=1S/C29H25ClN4O2/c1-2-3-6-20-9-12-22(13-10-20)34-32-26-16-11-21(19-27(26)33-34)31-29(35)18-15-23-14-17-28(36-23)24-7-4-5-8-25(24)30/h4-5,7-19H,2-3,6H2,1H3,(H,31,35)/b18-15+. The Hall–Kier alpha value is -4.16. The fourth-order valence-corrected chi connectivity index (χ4v) is 4.10. The molecule has 5 aromatic rings. The van der Waals surface area contributed by atoms with Crippen LogP contribution in [-0.2, 0) is 11.2 Å². The first kappa shape index (κ1) is 23.6. The number of aryl methyl sites for hydroxylation is 1. The van der Waals surface area contributed by atoms with E-state index < -0.39 is 0 Å². The molecular weight excluding hydrogens is 472 g/mol. The number of hydrogen-bond donors (Lipinski definition) is 1. The van der Waals surface area contributed by atoms with Crippen molar-refractivity contribution in [2.45, 2.75) is 26.2 Å². The summed E-state index contributed by atoms with van der Waals surface area (Å²) in [6.45, 7) is 2.19. The zero-order valence-electron chi connectivity index (χ0n) is 19.8. The Morgan fingerprint density at radius 3 is 2.61 bits per heavy atom. The van der Waals surface area contributed by atoms with Crippen LogP contribution in [0.25, 0.3) is 34.1 Å². The first-order valence-electron chi connectivity index (χ1n) is 11.9. The molecule has 5 rings (SSSR count). The smallest absolute Gasteiger partial charge is 0.248 e. The van der Waals surface area contributed by atoms with Gasteiger partial charge in [0, 0.05) is 17.3 Å². The molecule has 6 nitrogen and oxygen atoms in total. The fraction of sp³-hybridized carbons (Fsp3) is 0.138. The van der Waals surface area contributed by atoms with E-state index in [1.54, 1.807) is 16.9 Å². The van der Waals surface area contributed by atoms with Gasteiger partial charge in [0.1, 0.15) is 22.6 Å². The molecule has 180 valence electrons. The molecule has 7 heteroatoms. The minimum atomic E-state index is -0.278. The maximum atomic E-state index is 12.5. The maximum Gasteiger partial charge on any atom is 0.248 e. The third-order valence-corrected chi connectivity index (χ3v) is 6.13. The molecule has 2 heterocycles. The second-order valence-electron chi connectivity index (χ2n) is 8.47. The average molecular weight is 497 g/mol. The third kappa shape index (κ3) is 5.39. The highest BCUT2D eigenvalue weighted by Crippen LogP contribution is 2.29. The molecule has 0 aliphatic carbocycles. The van der Waals surface area contributed by atoms with Gasteiger partial charge in [0.15, 0.2) is 0 Å². The summed E-state index contributed by atoms with van der Waals surface area (Å²) >= 11 is 6.23. The lowest BCUT2D eigenvalue weighted by Crippen LogP contribution is -2.07. The van der Waals surface area contributed by atoms with Crippen molar-refractivity contribution in [3.8, 4) is 17.0 Å². The first-order chi connectivity index (χ1) is 17.6. The van der Waals surface area contributed by atoms with Crippen molar-refractivity contribution < 1.29 is 9.21 Å². The molecule has 0 unspecified atom stereocenters. The number of anilines is 1. The molecule has 0 atom stereocenters. The van der Waals surface area contributed by atoms with Crippen LogP contribution in [0.5, 0.6) is 0 Å². The van der Waals surface area contributed by atoms with Gasteiger partial charge in [0.2, 0.25) is 5.91 Å². The van der Waals surface area contributed by atoms with E-state index in [9.17, 15) is 4.79 Å². The third-order valence-electron chi connectivity index (χ3n) is 5.80. The molecule has 0 aliphatic rings. The molecule has 0 saturated carbocycles. The second-order valence-corrected chi connectivity index (χ2v) is 8.87. The lowest BCUT2D eigenvalue weighted by molar-refractivity contribution is -0.111. The van der Waals surface area contributed by atoms with Gasteiger partial charge < -0.3 is 9.73 Å². The highest BCUT2D eigenvalue weighted by atomic mass is 35.5. The number of unbranched alkanes of at least 4 members (excludes halogenated alkanes) is 1. The van der Waals surface area contributed by atoms with Gasteiger partial charge in [-0.1, -0.05) is 49.2 Å². The van der Waals surface area contributed by atoms with Crippen molar-refractivity contribution in [2.75, 3.05) is 5.32 Å². The summed E-state index contributed by atoms with van der Waals surface area (Å²) in [6.07, 6.45) is 6.48. The van der Waals surface area contributed by atoms with Crippen molar-refractivity contribution in [3.63, 3.8) is 0 Å². The van der Waals surface area contributed by atoms with Gasteiger partial charge in [0.25, 0.3) is 0 Å². The average Bonchev–Trinajstić information content (AvgIpc) is 3.54. The van der Waals surface area contributed by atoms with Crippen LogP contribution >= 0.6 is 11.6 Å². The van der Waals surface area contributed by atoms with Crippen LogP contribution in [0.1, 0.15) is 31.1 Å². The molecule has 1 N–H and O–H groups in total.